The summed E-state index contributed by atoms with van der Waals surface area (Å²) in [5, 5.41) is 5.67. The molecular formula is C11H16Cl2N2O3S. The van der Waals surface area contributed by atoms with Gasteiger partial charge in [0.1, 0.15) is 0 Å². The third kappa shape index (κ3) is 6.24. The van der Waals surface area contributed by atoms with Gasteiger partial charge in [0.15, 0.2) is 9.84 Å². The number of sulfone groups is 1. The Morgan fingerprint density at radius 1 is 1.26 bits per heavy atom. The van der Waals surface area contributed by atoms with Crippen LogP contribution in [-0.4, -0.2) is 40.2 Å². The van der Waals surface area contributed by atoms with Crippen molar-refractivity contribution in [2.75, 3.05) is 25.9 Å². The van der Waals surface area contributed by atoms with Gasteiger partial charge in [-0.15, -0.1) is 12.4 Å². The fourth-order valence-corrected chi connectivity index (χ4v) is 2.59. The SMILES string of the molecule is CNCC(=O)NCCS(=O)(=O)c1ccc(Cl)cc1.Cl. The molecule has 19 heavy (non-hydrogen) atoms. The van der Waals surface area contributed by atoms with E-state index in [4.69, 9.17) is 11.6 Å². The molecule has 0 atom stereocenters. The van der Waals surface area contributed by atoms with Gasteiger partial charge in [0.05, 0.1) is 17.2 Å². The van der Waals surface area contributed by atoms with E-state index in [1.165, 1.54) is 24.3 Å². The van der Waals surface area contributed by atoms with Gasteiger partial charge in [-0.1, -0.05) is 11.6 Å². The first-order valence-electron chi connectivity index (χ1n) is 5.35. The molecular weight excluding hydrogens is 311 g/mol. The lowest BCUT2D eigenvalue weighted by molar-refractivity contribution is -0.120. The quantitative estimate of drug-likeness (QED) is 0.813. The van der Waals surface area contributed by atoms with E-state index >= 15 is 0 Å². The normalized spacial score (nSPS) is 10.6. The van der Waals surface area contributed by atoms with Crippen LogP contribution in [0.15, 0.2) is 29.2 Å². The van der Waals surface area contributed by atoms with Gasteiger partial charge in [0.25, 0.3) is 0 Å². The number of rotatable bonds is 6. The number of likely N-dealkylation sites (N-methyl/N-ethyl adjacent to an activating group) is 1. The first kappa shape index (κ1) is 18.2. The largest absolute Gasteiger partial charge is 0.354 e. The third-order valence-electron chi connectivity index (χ3n) is 2.20. The maximum Gasteiger partial charge on any atom is 0.233 e. The molecule has 8 heteroatoms. The predicted octanol–water partition coefficient (Wildman–Crippen LogP) is 0.871. The van der Waals surface area contributed by atoms with Crippen molar-refractivity contribution >= 4 is 39.8 Å². The minimum atomic E-state index is -3.38. The zero-order chi connectivity index (χ0) is 13.6. The molecule has 0 bridgehead atoms. The fraction of sp³-hybridized carbons (Fsp3) is 0.364. The van der Waals surface area contributed by atoms with Crippen molar-refractivity contribution in [1.29, 1.82) is 0 Å². The molecule has 0 fully saturated rings. The lowest BCUT2D eigenvalue weighted by Crippen LogP contribution is -2.35. The Morgan fingerprint density at radius 2 is 1.84 bits per heavy atom. The van der Waals surface area contributed by atoms with E-state index in [0.29, 0.717) is 5.02 Å². The van der Waals surface area contributed by atoms with Gasteiger partial charge in [-0.25, -0.2) is 8.42 Å². The van der Waals surface area contributed by atoms with Crippen LogP contribution in [0, 0.1) is 0 Å². The van der Waals surface area contributed by atoms with Crippen LogP contribution in [0.25, 0.3) is 0 Å². The molecule has 0 saturated heterocycles. The lowest BCUT2D eigenvalue weighted by atomic mass is 10.4. The van der Waals surface area contributed by atoms with Crippen molar-refractivity contribution in [3.05, 3.63) is 29.3 Å². The summed E-state index contributed by atoms with van der Waals surface area (Å²) in [6.07, 6.45) is 0. The molecule has 108 valence electrons. The van der Waals surface area contributed by atoms with Gasteiger partial charge < -0.3 is 10.6 Å². The molecule has 0 aliphatic carbocycles. The second-order valence-electron chi connectivity index (χ2n) is 3.65. The van der Waals surface area contributed by atoms with Crippen LogP contribution in [0.1, 0.15) is 0 Å². The second-order valence-corrected chi connectivity index (χ2v) is 6.20. The number of nitrogens with one attached hydrogen (secondary N) is 2. The summed E-state index contributed by atoms with van der Waals surface area (Å²) in [6, 6.07) is 5.95. The first-order chi connectivity index (χ1) is 8.45. The molecule has 0 radical (unpaired) electrons. The van der Waals surface area contributed by atoms with E-state index in [1.54, 1.807) is 7.05 Å². The standard InChI is InChI=1S/C11H15ClN2O3S.ClH/c1-13-8-11(15)14-6-7-18(16,17)10-4-2-9(12)3-5-10;/h2-5,13H,6-8H2,1H3,(H,14,15);1H. The molecule has 0 heterocycles. The third-order valence-corrected chi connectivity index (χ3v) is 4.19. The minimum absolute atomic E-state index is 0. The van der Waals surface area contributed by atoms with E-state index in [2.05, 4.69) is 10.6 Å². The zero-order valence-corrected chi connectivity index (χ0v) is 12.7. The molecule has 0 saturated carbocycles. The van der Waals surface area contributed by atoms with Gasteiger partial charge in [-0.2, -0.15) is 0 Å². The molecule has 5 nitrogen and oxygen atoms in total. The fourth-order valence-electron chi connectivity index (χ4n) is 1.31. The average Bonchev–Trinajstić information content (AvgIpc) is 2.29. The Labute approximate surface area is 124 Å². The van der Waals surface area contributed by atoms with Gasteiger partial charge in [-0.3, -0.25) is 4.79 Å². The molecule has 0 aromatic heterocycles. The van der Waals surface area contributed by atoms with E-state index < -0.39 is 9.84 Å². The van der Waals surface area contributed by atoms with E-state index in [9.17, 15) is 13.2 Å². The molecule has 1 rings (SSSR count). The van der Waals surface area contributed by atoms with Crippen molar-refractivity contribution < 1.29 is 13.2 Å². The van der Waals surface area contributed by atoms with Crippen molar-refractivity contribution in [1.82, 2.24) is 10.6 Å². The van der Waals surface area contributed by atoms with Crippen molar-refractivity contribution in [2.45, 2.75) is 4.90 Å². The molecule has 0 unspecified atom stereocenters. The highest BCUT2D eigenvalue weighted by Crippen LogP contribution is 2.14. The number of hydrogen-bond acceptors (Lipinski definition) is 4. The number of halogens is 2. The van der Waals surface area contributed by atoms with E-state index in [0.717, 1.165) is 0 Å². The molecule has 1 aromatic carbocycles. The van der Waals surface area contributed by atoms with Gasteiger partial charge in [-0.05, 0) is 31.3 Å². The van der Waals surface area contributed by atoms with Gasteiger partial charge in [0, 0.05) is 11.6 Å². The molecule has 0 spiro atoms. The average molecular weight is 327 g/mol. The maximum atomic E-state index is 11.9. The van der Waals surface area contributed by atoms with Crippen molar-refractivity contribution in [3.63, 3.8) is 0 Å². The number of carbonyl (C=O) groups is 1. The Bertz CT molecular complexity index is 503. The lowest BCUT2D eigenvalue weighted by Gasteiger charge is -2.06. The number of amides is 1. The smallest absolute Gasteiger partial charge is 0.233 e. The Balaban J connectivity index is 0.00000324. The topological polar surface area (TPSA) is 75.3 Å². The predicted molar refractivity (Wildman–Crippen MR) is 77.7 cm³/mol. The number of benzene rings is 1. The summed E-state index contributed by atoms with van der Waals surface area (Å²) in [5.74, 6) is -0.367. The monoisotopic (exact) mass is 326 g/mol. The molecule has 0 aliphatic rings. The first-order valence-corrected chi connectivity index (χ1v) is 7.38. The van der Waals surface area contributed by atoms with Crippen LogP contribution in [-0.2, 0) is 14.6 Å². The van der Waals surface area contributed by atoms with E-state index in [-0.39, 0.29) is 42.1 Å². The number of carbonyl (C=O) groups excluding carboxylic acids is 1. The van der Waals surface area contributed by atoms with Crippen molar-refractivity contribution in [3.8, 4) is 0 Å². The molecule has 2 N–H and O–H groups in total. The molecule has 0 aliphatic heterocycles. The maximum absolute atomic E-state index is 11.9. The van der Waals surface area contributed by atoms with Gasteiger partial charge in [0.2, 0.25) is 5.91 Å². The van der Waals surface area contributed by atoms with Crippen LogP contribution in [0.3, 0.4) is 0 Å². The van der Waals surface area contributed by atoms with Crippen LogP contribution in [0.4, 0.5) is 0 Å². The highest BCUT2D eigenvalue weighted by Gasteiger charge is 2.14. The van der Waals surface area contributed by atoms with Crippen molar-refractivity contribution in [2.24, 2.45) is 0 Å². The second kappa shape index (κ2) is 8.37. The summed E-state index contributed by atoms with van der Waals surface area (Å²) in [5.41, 5.74) is 0. The Hall–Kier alpha value is -0.820. The van der Waals surface area contributed by atoms with Crippen LogP contribution in [0.2, 0.25) is 5.02 Å². The summed E-state index contributed by atoms with van der Waals surface area (Å²) >= 11 is 5.68. The van der Waals surface area contributed by atoms with Crippen LogP contribution in [0.5, 0.6) is 0 Å². The van der Waals surface area contributed by atoms with E-state index in [1.807, 2.05) is 0 Å². The summed E-state index contributed by atoms with van der Waals surface area (Å²) in [4.78, 5) is 11.3. The Kier molecular flexibility index (Phi) is 8.01. The summed E-state index contributed by atoms with van der Waals surface area (Å²) < 4.78 is 23.7. The molecule has 1 aromatic rings. The summed E-state index contributed by atoms with van der Waals surface area (Å²) in [7, 11) is -1.74. The number of hydrogen-bond donors (Lipinski definition) is 2. The van der Waals surface area contributed by atoms with Crippen LogP contribution >= 0.6 is 24.0 Å². The summed E-state index contributed by atoms with van der Waals surface area (Å²) in [6.45, 7) is 0.256. The highest BCUT2D eigenvalue weighted by atomic mass is 35.5. The van der Waals surface area contributed by atoms with Gasteiger partial charge >= 0.3 is 0 Å². The highest BCUT2D eigenvalue weighted by molar-refractivity contribution is 7.91. The molecule has 1 amide bonds. The van der Waals surface area contributed by atoms with Crippen LogP contribution < -0.4 is 10.6 Å². The Morgan fingerprint density at radius 3 is 2.37 bits per heavy atom. The zero-order valence-electron chi connectivity index (χ0n) is 10.3. The minimum Gasteiger partial charge on any atom is -0.354 e.